The summed E-state index contributed by atoms with van der Waals surface area (Å²) in [6.07, 6.45) is 1.94. The van der Waals surface area contributed by atoms with Crippen molar-refractivity contribution in [2.45, 2.75) is 77.1 Å². The second-order valence-electron chi connectivity index (χ2n) is 11.3. The number of rotatable bonds is 5. The first kappa shape index (κ1) is 27.4. The van der Waals surface area contributed by atoms with Crippen LogP contribution in [0, 0.1) is 16.3 Å². The highest BCUT2D eigenvalue weighted by molar-refractivity contribution is 14.1. The van der Waals surface area contributed by atoms with E-state index in [4.69, 9.17) is 4.74 Å². The average Bonchev–Trinajstić information content (AvgIpc) is 3.63. The van der Waals surface area contributed by atoms with Crippen molar-refractivity contribution in [3.63, 3.8) is 0 Å². The van der Waals surface area contributed by atoms with Crippen LogP contribution in [0.5, 0.6) is 0 Å². The molecule has 2 aliphatic rings. The number of anilines is 1. The Morgan fingerprint density at radius 3 is 2.36 bits per heavy atom. The molecule has 0 spiro atoms. The van der Waals surface area contributed by atoms with Gasteiger partial charge in [0.1, 0.15) is 22.5 Å². The Morgan fingerprint density at radius 1 is 1.10 bits per heavy atom. The molecule has 2 saturated carbocycles. The molecule has 12 heteroatoms. The summed E-state index contributed by atoms with van der Waals surface area (Å²) in [5, 5.41) is 6.32. The molecule has 0 bridgehead atoms. The maximum Gasteiger partial charge on any atom is 0.407 e. The van der Waals surface area contributed by atoms with Crippen LogP contribution in [0.2, 0.25) is 0 Å². The molecule has 0 unspecified atom stereocenters. The number of benzene rings is 1. The van der Waals surface area contributed by atoms with E-state index in [1.54, 1.807) is 33.8 Å². The minimum Gasteiger partial charge on any atom is -0.444 e. The first-order valence-electron chi connectivity index (χ1n) is 12.9. The number of nitrogens with zero attached hydrogens (tertiary/aromatic N) is 3. The highest BCUT2D eigenvalue weighted by Crippen LogP contribution is 2.34. The van der Waals surface area contributed by atoms with Gasteiger partial charge < -0.3 is 15.4 Å². The number of aromatic nitrogens is 3. The normalized spacial score (nSPS) is 19.1. The number of carbonyl (C=O) groups is 1. The molecule has 1 amide bonds. The van der Waals surface area contributed by atoms with E-state index >= 15 is 4.39 Å². The molecule has 0 saturated heterocycles. The largest absolute Gasteiger partial charge is 0.444 e. The fourth-order valence-corrected chi connectivity index (χ4v) is 5.49. The van der Waals surface area contributed by atoms with Crippen molar-refractivity contribution in [3.05, 3.63) is 64.3 Å². The Hall–Kier alpha value is -3.16. The van der Waals surface area contributed by atoms with Gasteiger partial charge >= 0.3 is 11.8 Å². The predicted molar refractivity (Wildman–Crippen MR) is 155 cm³/mol. The lowest BCUT2D eigenvalue weighted by Crippen LogP contribution is -2.51. The zero-order valence-corrected chi connectivity index (χ0v) is 24.6. The van der Waals surface area contributed by atoms with Gasteiger partial charge in [-0.15, -0.1) is 0 Å². The van der Waals surface area contributed by atoms with E-state index in [9.17, 15) is 19.2 Å². The number of alkyl carbamates (subject to hydrolysis) is 1. The first-order chi connectivity index (χ1) is 18.3. The summed E-state index contributed by atoms with van der Waals surface area (Å²) in [5.74, 6) is -0.635. The molecule has 10 nitrogen and oxygen atoms in total. The zero-order chi connectivity index (χ0) is 28.4. The Bertz CT molecular complexity index is 1680. The van der Waals surface area contributed by atoms with Crippen LogP contribution in [0.3, 0.4) is 0 Å². The van der Waals surface area contributed by atoms with Gasteiger partial charge in [0.05, 0.1) is 11.4 Å². The van der Waals surface area contributed by atoms with Gasteiger partial charge in [-0.2, -0.15) is 0 Å². The number of carbonyl (C=O) groups excluding carboxylic acids is 1. The van der Waals surface area contributed by atoms with E-state index < -0.39 is 34.3 Å². The van der Waals surface area contributed by atoms with Gasteiger partial charge in [-0.05, 0) is 94.2 Å². The number of hydrogen-bond donors (Lipinski definition) is 2. The lowest BCUT2D eigenvalue weighted by molar-refractivity contribution is 0.0475. The molecule has 2 aliphatic carbocycles. The van der Waals surface area contributed by atoms with Crippen molar-refractivity contribution in [2.75, 3.05) is 5.32 Å². The van der Waals surface area contributed by atoms with E-state index in [1.165, 1.54) is 28.3 Å². The molecule has 0 atom stereocenters. The zero-order valence-electron chi connectivity index (χ0n) is 22.4. The van der Waals surface area contributed by atoms with Crippen LogP contribution in [0.15, 0.2) is 32.6 Å². The predicted octanol–water partition coefficient (Wildman–Crippen LogP) is 3.71. The van der Waals surface area contributed by atoms with E-state index in [-0.39, 0.29) is 34.8 Å². The number of halogens is 2. The van der Waals surface area contributed by atoms with Crippen LogP contribution in [0.25, 0.3) is 16.7 Å². The van der Waals surface area contributed by atoms with Crippen molar-refractivity contribution < 1.29 is 13.9 Å². The molecule has 1 aromatic carbocycles. The van der Waals surface area contributed by atoms with Crippen molar-refractivity contribution >= 4 is 45.4 Å². The van der Waals surface area contributed by atoms with Crippen molar-refractivity contribution in [1.29, 1.82) is 0 Å². The maximum absolute atomic E-state index is 15.2. The second kappa shape index (κ2) is 9.79. The van der Waals surface area contributed by atoms with Crippen molar-refractivity contribution in [1.82, 2.24) is 19.0 Å². The van der Waals surface area contributed by atoms with Crippen LogP contribution >= 0.6 is 22.6 Å². The Morgan fingerprint density at radius 2 is 1.77 bits per heavy atom. The molecule has 0 aliphatic heterocycles. The third-order valence-electron chi connectivity index (χ3n) is 7.10. The van der Waals surface area contributed by atoms with Gasteiger partial charge in [0.2, 0.25) is 0 Å². The highest BCUT2D eigenvalue weighted by atomic mass is 127. The van der Waals surface area contributed by atoms with E-state index in [0.717, 1.165) is 4.57 Å². The van der Waals surface area contributed by atoms with E-state index in [2.05, 4.69) is 10.6 Å². The van der Waals surface area contributed by atoms with E-state index in [0.29, 0.717) is 40.5 Å². The summed E-state index contributed by atoms with van der Waals surface area (Å²) in [6.45, 7) is 6.99. The SMILES string of the molecule is Cc1c(NC2CC(NC(=O)OC(C)(C)C)C2)c2c(=O)n(C3CC3)c(=O)n(-c3ccc(I)cc3F)c2n(C)c1=O. The summed E-state index contributed by atoms with van der Waals surface area (Å²) >= 11 is 1.98. The first-order valence-corrected chi connectivity index (χ1v) is 14.0. The number of nitrogens with one attached hydrogen (secondary N) is 2. The fraction of sp³-hybridized carbons (Fsp3) is 0.481. The minimum absolute atomic E-state index is 0.0304. The number of pyridine rings is 1. The van der Waals surface area contributed by atoms with Crippen LogP contribution in [0.1, 0.15) is 58.1 Å². The summed E-state index contributed by atoms with van der Waals surface area (Å²) in [4.78, 5) is 53.0. The quantitative estimate of drug-likeness (QED) is 0.407. The summed E-state index contributed by atoms with van der Waals surface area (Å²) < 4.78 is 24.8. The molecule has 2 aromatic heterocycles. The third-order valence-corrected chi connectivity index (χ3v) is 7.77. The molecular formula is C27H31FIN5O5. The smallest absolute Gasteiger partial charge is 0.407 e. The van der Waals surface area contributed by atoms with Gasteiger partial charge in [0, 0.05) is 34.3 Å². The Kier molecular flexibility index (Phi) is 6.88. The Labute approximate surface area is 237 Å². The topological polar surface area (TPSA) is 116 Å². The van der Waals surface area contributed by atoms with Crippen molar-refractivity contribution in [3.8, 4) is 5.69 Å². The van der Waals surface area contributed by atoms with Gasteiger partial charge in [-0.25, -0.2) is 18.5 Å². The third kappa shape index (κ3) is 5.10. The van der Waals surface area contributed by atoms with Crippen LogP contribution in [-0.4, -0.2) is 37.5 Å². The molecule has 39 heavy (non-hydrogen) atoms. The molecule has 2 fully saturated rings. The number of ether oxygens (including phenoxy) is 1. The highest BCUT2D eigenvalue weighted by Gasteiger charge is 2.35. The van der Waals surface area contributed by atoms with Crippen LogP contribution in [-0.2, 0) is 11.8 Å². The lowest BCUT2D eigenvalue weighted by atomic mass is 9.86. The molecule has 2 heterocycles. The number of fused-ring (bicyclic) bond motifs is 1. The van der Waals surface area contributed by atoms with Crippen molar-refractivity contribution in [2.24, 2.45) is 7.05 Å². The molecule has 208 valence electrons. The summed E-state index contributed by atoms with van der Waals surface area (Å²) in [6, 6.07) is 3.92. The number of hydrogen-bond acceptors (Lipinski definition) is 6. The summed E-state index contributed by atoms with van der Waals surface area (Å²) in [7, 11) is 1.48. The van der Waals surface area contributed by atoms with Gasteiger partial charge in [-0.3, -0.25) is 18.7 Å². The molecule has 2 N–H and O–H groups in total. The van der Waals surface area contributed by atoms with Gasteiger partial charge in [0.25, 0.3) is 11.1 Å². The van der Waals surface area contributed by atoms with Crippen LogP contribution in [0.4, 0.5) is 14.9 Å². The van der Waals surface area contributed by atoms with Gasteiger partial charge in [0.15, 0.2) is 0 Å². The monoisotopic (exact) mass is 651 g/mol. The lowest BCUT2D eigenvalue weighted by Gasteiger charge is -2.37. The molecule has 5 rings (SSSR count). The Balaban J connectivity index is 1.61. The minimum atomic E-state index is -0.676. The molecule has 3 aromatic rings. The van der Waals surface area contributed by atoms with Crippen LogP contribution < -0.4 is 27.4 Å². The average molecular weight is 651 g/mol. The second-order valence-corrected chi connectivity index (χ2v) is 12.6. The molecular weight excluding hydrogens is 620 g/mol. The van der Waals surface area contributed by atoms with Gasteiger partial charge in [-0.1, -0.05) is 0 Å². The maximum atomic E-state index is 15.2. The standard InChI is InChI=1S/C27H31FIN5O5/c1-13-21(30-15-11-16(12-15)31-25(37)39-27(2,3)4)20-22(32(5)23(13)35)34(19-9-6-14(29)10-18(19)28)26(38)33(24(20)36)17-7-8-17/h6,9-10,15-17,30H,7-8,11-12H2,1-5H3,(H,31,37). The van der Waals surface area contributed by atoms with E-state index in [1.807, 2.05) is 22.6 Å². The fourth-order valence-electron chi connectivity index (χ4n) is 5.04. The number of aryl methyl sites for hydroxylation is 1. The number of amides is 1. The summed E-state index contributed by atoms with van der Waals surface area (Å²) in [5.41, 5.74) is -1.56. The molecule has 0 radical (unpaired) electrons.